The molecule has 3 aromatic rings. The summed E-state index contributed by atoms with van der Waals surface area (Å²) in [6, 6.07) is 3.88. The molecule has 1 aliphatic rings. The van der Waals surface area contributed by atoms with E-state index in [-0.39, 0.29) is 16.7 Å². The molecule has 2 N–H and O–H groups in total. The SMILES string of the molecule is Cc1sc2nc(CSC(C)C(=O)NCc3cccnc3N3CCOCC3)[nH]c(=O)c2c1C. The molecule has 1 atom stereocenters. The van der Waals surface area contributed by atoms with Crippen molar-refractivity contribution in [2.45, 2.75) is 38.3 Å². The van der Waals surface area contributed by atoms with E-state index in [2.05, 4.69) is 25.2 Å². The van der Waals surface area contributed by atoms with Crippen LogP contribution in [0, 0.1) is 13.8 Å². The number of hydrogen-bond donors (Lipinski definition) is 2. The van der Waals surface area contributed by atoms with E-state index in [1.54, 1.807) is 6.20 Å². The molecule has 0 spiro atoms. The van der Waals surface area contributed by atoms with Crippen molar-refractivity contribution in [1.29, 1.82) is 0 Å². The Kier molecular flexibility index (Phi) is 7.12. The number of fused-ring (bicyclic) bond motifs is 1. The summed E-state index contributed by atoms with van der Waals surface area (Å²) in [6.07, 6.45) is 1.77. The Morgan fingerprint density at radius 2 is 2.16 bits per heavy atom. The summed E-state index contributed by atoms with van der Waals surface area (Å²) in [5.41, 5.74) is 1.86. The van der Waals surface area contributed by atoms with E-state index < -0.39 is 0 Å². The molecule has 10 heteroatoms. The molecule has 1 aliphatic heterocycles. The minimum absolute atomic E-state index is 0.0574. The second-order valence-corrected chi connectivity index (χ2v) is 10.3. The molecule has 1 amide bonds. The molecule has 32 heavy (non-hydrogen) atoms. The van der Waals surface area contributed by atoms with Crippen molar-refractivity contribution >= 4 is 45.0 Å². The number of ether oxygens (including phenoxy) is 1. The first kappa shape index (κ1) is 22.8. The Bertz CT molecular complexity index is 1170. The number of amides is 1. The molecule has 0 saturated carbocycles. The van der Waals surface area contributed by atoms with Crippen molar-refractivity contribution < 1.29 is 9.53 Å². The van der Waals surface area contributed by atoms with Crippen LogP contribution in [0.2, 0.25) is 0 Å². The van der Waals surface area contributed by atoms with Crippen LogP contribution in [-0.2, 0) is 21.8 Å². The van der Waals surface area contributed by atoms with Gasteiger partial charge in [0.2, 0.25) is 5.91 Å². The number of nitrogens with zero attached hydrogens (tertiary/aromatic N) is 3. The quantitative estimate of drug-likeness (QED) is 0.544. The zero-order valence-corrected chi connectivity index (χ0v) is 20.1. The Morgan fingerprint density at radius 3 is 2.94 bits per heavy atom. The first-order valence-corrected chi connectivity index (χ1v) is 12.5. The molecule has 4 rings (SSSR count). The molecular weight excluding hydrogens is 446 g/mol. The van der Waals surface area contributed by atoms with Crippen LogP contribution < -0.4 is 15.8 Å². The molecule has 0 radical (unpaired) electrons. The molecular formula is C22H27N5O3S2. The Morgan fingerprint density at radius 1 is 1.38 bits per heavy atom. The van der Waals surface area contributed by atoms with Crippen LogP contribution in [0.3, 0.4) is 0 Å². The van der Waals surface area contributed by atoms with Gasteiger partial charge in [-0.3, -0.25) is 9.59 Å². The number of thioether (sulfide) groups is 1. The van der Waals surface area contributed by atoms with E-state index in [4.69, 9.17) is 4.74 Å². The number of H-pyrrole nitrogens is 1. The van der Waals surface area contributed by atoms with Gasteiger partial charge in [-0.05, 0) is 32.4 Å². The lowest BCUT2D eigenvalue weighted by atomic mass is 10.2. The number of anilines is 1. The van der Waals surface area contributed by atoms with E-state index >= 15 is 0 Å². The lowest BCUT2D eigenvalue weighted by molar-refractivity contribution is -0.120. The average Bonchev–Trinajstić information content (AvgIpc) is 3.10. The first-order valence-electron chi connectivity index (χ1n) is 10.6. The van der Waals surface area contributed by atoms with Gasteiger partial charge < -0.3 is 19.9 Å². The van der Waals surface area contributed by atoms with Crippen LogP contribution in [0.5, 0.6) is 0 Å². The Balaban J connectivity index is 1.35. The molecule has 0 bridgehead atoms. The van der Waals surface area contributed by atoms with Crippen LogP contribution in [0.1, 0.15) is 28.8 Å². The molecule has 0 aliphatic carbocycles. The Hall–Kier alpha value is -2.43. The highest BCUT2D eigenvalue weighted by Gasteiger charge is 2.19. The van der Waals surface area contributed by atoms with Gasteiger partial charge >= 0.3 is 0 Å². The third-order valence-electron chi connectivity index (χ3n) is 5.56. The van der Waals surface area contributed by atoms with E-state index in [1.165, 1.54) is 23.1 Å². The van der Waals surface area contributed by atoms with Gasteiger partial charge in [0.05, 0.1) is 29.6 Å². The third-order valence-corrected chi connectivity index (χ3v) is 7.81. The molecule has 3 aromatic heterocycles. The summed E-state index contributed by atoms with van der Waals surface area (Å²) in [5, 5.41) is 3.40. The second-order valence-electron chi connectivity index (χ2n) is 7.73. The number of aromatic nitrogens is 3. The fourth-order valence-electron chi connectivity index (χ4n) is 3.60. The van der Waals surface area contributed by atoms with Crippen LogP contribution in [0.25, 0.3) is 10.2 Å². The molecule has 1 fully saturated rings. The summed E-state index contributed by atoms with van der Waals surface area (Å²) < 4.78 is 5.42. The fourth-order valence-corrected chi connectivity index (χ4v) is 5.43. The standard InChI is InChI=1S/C22H27N5O3S2/c1-13-14(2)32-22-18(13)21(29)25-17(26-22)12-31-15(3)20(28)24-11-16-5-4-6-23-19(16)27-7-9-30-10-8-27/h4-6,15H,7-12H2,1-3H3,(H,24,28)(H,25,26,29). The van der Waals surface area contributed by atoms with Crippen molar-refractivity contribution in [2.24, 2.45) is 0 Å². The fraction of sp³-hybridized carbons (Fsp3) is 0.455. The highest BCUT2D eigenvalue weighted by atomic mass is 32.2. The summed E-state index contributed by atoms with van der Waals surface area (Å²) in [5.74, 6) is 1.89. The highest BCUT2D eigenvalue weighted by Crippen LogP contribution is 2.26. The minimum Gasteiger partial charge on any atom is -0.378 e. The van der Waals surface area contributed by atoms with E-state index in [0.717, 1.165) is 39.7 Å². The van der Waals surface area contributed by atoms with Gasteiger partial charge in [-0.1, -0.05) is 6.07 Å². The molecule has 0 aromatic carbocycles. The predicted molar refractivity (Wildman–Crippen MR) is 130 cm³/mol. The van der Waals surface area contributed by atoms with Crippen LogP contribution >= 0.6 is 23.1 Å². The zero-order chi connectivity index (χ0) is 22.7. The third kappa shape index (κ3) is 4.97. The predicted octanol–water partition coefficient (Wildman–Crippen LogP) is 2.77. The van der Waals surface area contributed by atoms with Gasteiger partial charge in [0.25, 0.3) is 5.56 Å². The van der Waals surface area contributed by atoms with Crippen molar-refractivity contribution in [3.05, 3.63) is 50.5 Å². The number of rotatable bonds is 7. The molecule has 1 saturated heterocycles. The zero-order valence-electron chi connectivity index (χ0n) is 18.4. The van der Waals surface area contributed by atoms with Crippen LogP contribution in [0.4, 0.5) is 5.82 Å². The molecule has 170 valence electrons. The normalized spacial score (nSPS) is 15.2. The minimum atomic E-state index is -0.286. The van der Waals surface area contributed by atoms with Crippen molar-refractivity contribution in [3.8, 4) is 0 Å². The number of morpholine rings is 1. The monoisotopic (exact) mass is 473 g/mol. The van der Waals surface area contributed by atoms with Gasteiger partial charge in [0, 0.05) is 36.3 Å². The number of hydrogen-bond acceptors (Lipinski definition) is 8. The van der Waals surface area contributed by atoms with Gasteiger partial charge in [-0.25, -0.2) is 9.97 Å². The van der Waals surface area contributed by atoms with E-state index in [1.807, 2.05) is 32.9 Å². The highest BCUT2D eigenvalue weighted by molar-refractivity contribution is 7.99. The lowest BCUT2D eigenvalue weighted by Crippen LogP contribution is -2.38. The maximum Gasteiger partial charge on any atom is 0.259 e. The maximum atomic E-state index is 12.7. The van der Waals surface area contributed by atoms with Crippen LogP contribution in [-0.4, -0.2) is 52.4 Å². The summed E-state index contributed by atoms with van der Waals surface area (Å²) in [7, 11) is 0. The average molecular weight is 474 g/mol. The second kappa shape index (κ2) is 10.0. The summed E-state index contributed by atoms with van der Waals surface area (Å²) in [6.45, 7) is 9.17. The maximum absolute atomic E-state index is 12.7. The lowest BCUT2D eigenvalue weighted by Gasteiger charge is -2.29. The number of aromatic amines is 1. The summed E-state index contributed by atoms with van der Waals surface area (Å²) >= 11 is 2.98. The number of aryl methyl sites for hydroxylation is 2. The largest absolute Gasteiger partial charge is 0.378 e. The van der Waals surface area contributed by atoms with E-state index in [0.29, 0.717) is 36.7 Å². The van der Waals surface area contributed by atoms with Gasteiger partial charge in [-0.15, -0.1) is 23.1 Å². The number of thiophene rings is 1. The van der Waals surface area contributed by atoms with Crippen molar-refractivity contribution in [3.63, 3.8) is 0 Å². The Labute approximate surface area is 194 Å². The molecule has 4 heterocycles. The smallest absolute Gasteiger partial charge is 0.259 e. The van der Waals surface area contributed by atoms with Gasteiger partial charge in [0.1, 0.15) is 16.5 Å². The van der Waals surface area contributed by atoms with E-state index in [9.17, 15) is 9.59 Å². The first-order chi connectivity index (χ1) is 15.4. The van der Waals surface area contributed by atoms with Gasteiger partial charge in [0.15, 0.2) is 0 Å². The van der Waals surface area contributed by atoms with Crippen molar-refractivity contribution in [1.82, 2.24) is 20.3 Å². The number of carbonyl (C=O) groups excluding carboxylic acids is 1. The number of carbonyl (C=O) groups is 1. The number of nitrogens with one attached hydrogen (secondary N) is 2. The van der Waals surface area contributed by atoms with Gasteiger partial charge in [-0.2, -0.15) is 0 Å². The molecule has 8 nitrogen and oxygen atoms in total. The summed E-state index contributed by atoms with van der Waals surface area (Å²) in [4.78, 5) is 41.1. The van der Waals surface area contributed by atoms with Crippen LogP contribution in [0.15, 0.2) is 23.1 Å². The topological polar surface area (TPSA) is 100 Å². The molecule has 1 unspecified atom stereocenters. The number of pyridine rings is 1. The van der Waals surface area contributed by atoms with Crippen molar-refractivity contribution in [2.75, 3.05) is 31.2 Å².